The average Bonchev–Trinajstić information content (AvgIpc) is 3.53. The molecule has 40 heavy (non-hydrogen) atoms. The van der Waals surface area contributed by atoms with Crippen molar-refractivity contribution < 1.29 is 41.5 Å². The number of imide groups is 1. The van der Waals surface area contributed by atoms with Crippen molar-refractivity contribution in [2.45, 2.75) is 56.5 Å². The maximum absolute atomic E-state index is 13.7. The molecule has 1 spiro atoms. The Morgan fingerprint density at radius 1 is 1.12 bits per heavy atom. The van der Waals surface area contributed by atoms with E-state index in [0.717, 1.165) is 12.1 Å². The number of nitrogens with one attached hydrogen (secondary N) is 2. The minimum absolute atomic E-state index is 0.133. The molecule has 2 aliphatic heterocycles. The summed E-state index contributed by atoms with van der Waals surface area (Å²) in [4.78, 5) is 53.4. The third-order valence-corrected chi connectivity index (χ3v) is 7.77. The third-order valence-electron chi connectivity index (χ3n) is 7.77. The quantitative estimate of drug-likeness (QED) is 0.535. The molecule has 2 aromatic rings. The van der Waals surface area contributed by atoms with Crippen LogP contribution >= 0.6 is 0 Å². The van der Waals surface area contributed by atoms with Crippen LogP contribution in [-0.2, 0) is 32.5 Å². The van der Waals surface area contributed by atoms with Gasteiger partial charge in [0, 0.05) is 30.8 Å². The normalized spacial score (nSPS) is 23.9. The van der Waals surface area contributed by atoms with Gasteiger partial charge in [0.05, 0.1) is 11.6 Å². The molecule has 9 nitrogen and oxygen atoms in total. The first kappa shape index (κ1) is 27.4. The summed E-state index contributed by atoms with van der Waals surface area (Å²) in [7, 11) is 1.46. The summed E-state index contributed by atoms with van der Waals surface area (Å²) < 4.78 is 60.4. The van der Waals surface area contributed by atoms with Gasteiger partial charge in [-0.15, -0.1) is 0 Å². The van der Waals surface area contributed by atoms with E-state index in [1.807, 2.05) is 0 Å². The topological polar surface area (TPSA) is 108 Å². The Morgan fingerprint density at radius 2 is 1.88 bits per heavy atom. The zero-order valence-electron chi connectivity index (χ0n) is 21.6. The maximum Gasteiger partial charge on any atom is 0.418 e. The zero-order chi connectivity index (χ0) is 29.0. The first-order chi connectivity index (χ1) is 18.9. The SMILES string of the molecule is CNC(=O)Nc1ccc2c(c1)CCC21OC(=O)N(CC(=O)N2[C@H](C)CC[C@@H]2c2ccc(F)cc2C(F)(F)F)C1=O. The molecular weight excluding hydrogens is 536 g/mol. The third kappa shape index (κ3) is 4.52. The van der Waals surface area contributed by atoms with E-state index in [2.05, 4.69) is 10.6 Å². The lowest BCUT2D eigenvalue weighted by atomic mass is 9.94. The lowest BCUT2D eigenvalue weighted by Gasteiger charge is -2.31. The van der Waals surface area contributed by atoms with Gasteiger partial charge in [-0.25, -0.2) is 18.9 Å². The fourth-order valence-electron chi connectivity index (χ4n) is 5.92. The van der Waals surface area contributed by atoms with Gasteiger partial charge in [-0.2, -0.15) is 13.2 Å². The fraction of sp³-hybridized carbons (Fsp3) is 0.407. The van der Waals surface area contributed by atoms with Crippen molar-refractivity contribution >= 4 is 29.6 Å². The monoisotopic (exact) mass is 562 g/mol. The highest BCUT2D eigenvalue weighted by Crippen LogP contribution is 2.47. The molecule has 2 heterocycles. The van der Waals surface area contributed by atoms with Crippen molar-refractivity contribution in [3.05, 3.63) is 64.5 Å². The number of nitrogens with zero attached hydrogens (tertiary/aromatic N) is 2. The number of halogens is 4. The van der Waals surface area contributed by atoms with E-state index in [9.17, 15) is 36.7 Å². The van der Waals surface area contributed by atoms with Crippen LogP contribution in [0.15, 0.2) is 36.4 Å². The van der Waals surface area contributed by atoms with Crippen LogP contribution in [0.5, 0.6) is 0 Å². The smallest absolute Gasteiger partial charge is 0.418 e. The number of benzene rings is 2. The molecule has 2 N–H and O–H groups in total. The number of hydrogen-bond donors (Lipinski definition) is 2. The molecule has 5 amide bonds. The van der Waals surface area contributed by atoms with Gasteiger partial charge in [0.15, 0.2) is 0 Å². The second-order valence-electron chi connectivity index (χ2n) is 10.1. The van der Waals surface area contributed by atoms with Gasteiger partial charge in [-0.3, -0.25) is 9.59 Å². The number of hydrogen-bond acceptors (Lipinski definition) is 5. The zero-order valence-corrected chi connectivity index (χ0v) is 21.6. The number of alkyl halides is 3. The largest absolute Gasteiger partial charge is 0.427 e. The molecule has 1 aliphatic carbocycles. The van der Waals surface area contributed by atoms with E-state index in [1.54, 1.807) is 25.1 Å². The van der Waals surface area contributed by atoms with Gasteiger partial charge in [-0.1, -0.05) is 12.1 Å². The first-order valence-electron chi connectivity index (χ1n) is 12.7. The maximum atomic E-state index is 13.7. The van der Waals surface area contributed by atoms with Crippen LogP contribution in [0.25, 0.3) is 0 Å². The first-order valence-corrected chi connectivity index (χ1v) is 12.7. The van der Waals surface area contributed by atoms with Crippen LogP contribution in [-0.4, -0.2) is 53.4 Å². The number of carbonyl (C=O) groups is 4. The lowest BCUT2D eigenvalue weighted by molar-refractivity contribution is -0.144. The van der Waals surface area contributed by atoms with E-state index in [1.165, 1.54) is 11.9 Å². The van der Waals surface area contributed by atoms with Crippen LogP contribution < -0.4 is 10.6 Å². The number of rotatable bonds is 4. The van der Waals surface area contributed by atoms with Crippen molar-refractivity contribution in [2.24, 2.45) is 0 Å². The second kappa shape index (κ2) is 9.79. The van der Waals surface area contributed by atoms with E-state index in [-0.39, 0.29) is 18.4 Å². The summed E-state index contributed by atoms with van der Waals surface area (Å²) in [6.07, 6.45) is -4.79. The highest BCUT2D eigenvalue weighted by Gasteiger charge is 2.58. The molecule has 212 valence electrons. The number of likely N-dealkylation sites (tertiary alicyclic amines) is 1. The molecule has 3 atom stereocenters. The van der Waals surface area contributed by atoms with Gasteiger partial charge >= 0.3 is 18.3 Å². The Kier molecular flexibility index (Phi) is 6.71. The number of anilines is 1. The minimum atomic E-state index is -4.84. The van der Waals surface area contributed by atoms with E-state index >= 15 is 0 Å². The van der Waals surface area contributed by atoms with Gasteiger partial charge in [0.25, 0.3) is 5.91 Å². The average molecular weight is 563 g/mol. The number of fused-ring (bicyclic) bond motifs is 2. The van der Waals surface area contributed by atoms with Crippen LogP contribution in [0.4, 0.5) is 32.8 Å². The summed E-state index contributed by atoms with van der Waals surface area (Å²) in [5, 5.41) is 5.06. The Morgan fingerprint density at radius 3 is 2.58 bits per heavy atom. The number of urea groups is 1. The molecule has 0 radical (unpaired) electrons. The van der Waals surface area contributed by atoms with Crippen molar-refractivity contribution in [1.29, 1.82) is 0 Å². The van der Waals surface area contributed by atoms with E-state index < -0.39 is 65.7 Å². The van der Waals surface area contributed by atoms with Gasteiger partial charge < -0.3 is 20.3 Å². The molecule has 2 fully saturated rings. The Bertz CT molecular complexity index is 1410. The predicted molar refractivity (Wildman–Crippen MR) is 132 cm³/mol. The fourth-order valence-corrected chi connectivity index (χ4v) is 5.92. The Hall–Kier alpha value is -4.16. The summed E-state index contributed by atoms with van der Waals surface area (Å²) >= 11 is 0. The minimum Gasteiger partial charge on any atom is -0.427 e. The molecule has 0 bridgehead atoms. The molecule has 3 aliphatic rings. The molecule has 1 unspecified atom stereocenters. The van der Waals surface area contributed by atoms with Gasteiger partial charge in [0.2, 0.25) is 11.5 Å². The molecule has 13 heteroatoms. The summed E-state index contributed by atoms with van der Waals surface area (Å²) in [6.45, 7) is 0.951. The second-order valence-corrected chi connectivity index (χ2v) is 10.1. The molecular formula is C27H26F4N4O5. The molecule has 5 rings (SSSR count). The van der Waals surface area contributed by atoms with Crippen molar-refractivity contribution in [2.75, 3.05) is 18.9 Å². The summed E-state index contributed by atoms with van der Waals surface area (Å²) in [6, 6.07) is 5.22. The molecule has 2 aromatic carbocycles. The number of amides is 5. The lowest BCUT2D eigenvalue weighted by Crippen LogP contribution is -2.46. The standard InChI is InChI=1S/C27H26F4N4O5/c1-14-3-8-21(18-6-4-16(28)12-20(18)27(29,30)31)35(14)22(36)13-34-23(37)26(40-25(34)39)10-9-15-11-17(5-7-19(15)26)33-24(38)32-2/h4-7,11-12,14,21H,3,8-10,13H2,1-2H3,(H2,32,33,38)/t14-,21-,26?/m1/s1. The van der Waals surface area contributed by atoms with Gasteiger partial charge in [-0.05, 0) is 61.6 Å². The molecule has 0 saturated carbocycles. The number of ether oxygens (including phenoxy) is 1. The Balaban J connectivity index is 1.39. The van der Waals surface area contributed by atoms with Crippen molar-refractivity contribution in [3.63, 3.8) is 0 Å². The Labute approximate surface area is 226 Å². The van der Waals surface area contributed by atoms with E-state index in [0.29, 0.717) is 40.6 Å². The van der Waals surface area contributed by atoms with Gasteiger partial charge in [0.1, 0.15) is 12.4 Å². The summed E-state index contributed by atoms with van der Waals surface area (Å²) in [5.74, 6) is -2.51. The van der Waals surface area contributed by atoms with Crippen molar-refractivity contribution in [3.8, 4) is 0 Å². The molecule has 0 aromatic heterocycles. The predicted octanol–water partition coefficient (Wildman–Crippen LogP) is 4.47. The molecule has 2 saturated heterocycles. The number of carbonyl (C=O) groups excluding carboxylic acids is 4. The summed E-state index contributed by atoms with van der Waals surface area (Å²) in [5.41, 5.74) is -1.44. The van der Waals surface area contributed by atoms with Crippen LogP contribution in [0, 0.1) is 5.82 Å². The number of aryl methyl sites for hydroxylation is 1. The highest BCUT2D eigenvalue weighted by molar-refractivity contribution is 6.06. The van der Waals surface area contributed by atoms with Crippen molar-refractivity contribution in [1.82, 2.24) is 15.1 Å². The van der Waals surface area contributed by atoms with E-state index in [4.69, 9.17) is 4.74 Å². The van der Waals surface area contributed by atoms with Crippen LogP contribution in [0.3, 0.4) is 0 Å². The van der Waals surface area contributed by atoms with Crippen LogP contribution in [0.1, 0.15) is 54.5 Å². The van der Waals surface area contributed by atoms with Crippen LogP contribution in [0.2, 0.25) is 0 Å². The highest BCUT2D eigenvalue weighted by atomic mass is 19.4.